The minimum atomic E-state index is -0.991. The standard InChI is InChI=1S/C54H58F3N7O4/c55-41-19-25-46(26-20-41)62(33-37-15-21-44(22-16-37)58-51(65)47-13-7-29-63(47)53(67)49(39-9-3-1-4-10-39)60-31-27-42(56)35-60)34-38-17-23-45(24-18-38)59-52(66)48-14-8-30-64(48)54(68)50(40-11-5-2-6-12-40)61-32-28-43(57)36-61/h1-6,9-12,15-26,42-43,47-50H,7-8,13-14,27-36H2,(H,58,65)(H,59,66)/t42-,43-,47?,48?,49?,50?/m1/s1. The third-order valence-electron chi connectivity index (χ3n) is 13.8. The highest BCUT2D eigenvalue weighted by Gasteiger charge is 2.43. The number of amides is 4. The number of hydrogen-bond acceptors (Lipinski definition) is 7. The lowest BCUT2D eigenvalue weighted by molar-refractivity contribution is -0.141. The average Bonchev–Trinajstić information content (AvgIpc) is 4.20. The molecule has 4 aliphatic rings. The highest BCUT2D eigenvalue weighted by molar-refractivity contribution is 5.99. The summed E-state index contributed by atoms with van der Waals surface area (Å²) in [5.41, 5.74) is 5.44. The van der Waals surface area contributed by atoms with Gasteiger partial charge in [-0.15, -0.1) is 0 Å². The van der Waals surface area contributed by atoms with E-state index in [0.717, 1.165) is 27.9 Å². The summed E-state index contributed by atoms with van der Waals surface area (Å²) in [6, 6.07) is 37.5. The van der Waals surface area contributed by atoms with Crippen LogP contribution in [0.15, 0.2) is 133 Å². The molecule has 0 radical (unpaired) electrons. The molecule has 5 aromatic carbocycles. The molecule has 4 heterocycles. The Morgan fingerprint density at radius 2 is 0.941 bits per heavy atom. The first-order valence-corrected chi connectivity index (χ1v) is 23.8. The second-order valence-corrected chi connectivity index (χ2v) is 18.5. The summed E-state index contributed by atoms with van der Waals surface area (Å²) in [6.45, 7) is 3.12. The van der Waals surface area contributed by atoms with Gasteiger partial charge in [-0.25, -0.2) is 13.2 Å². The molecule has 0 aliphatic carbocycles. The molecule has 4 aliphatic heterocycles. The summed E-state index contributed by atoms with van der Waals surface area (Å²) >= 11 is 0. The van der Waals surface area contributed by atoms with Crippen LogP contribution in [0.3, 0.4) is 0 Å². The zero-order valence-electron chi connectivity index (χ0n) is 38.1. The molecule has 0 spiro atoms. The number of alkyl halides is 2. The van der Waals surface area contributed by atoms with E-state index in [0.29, 0.717) is 89.2 Å². The van der Waals surface area contributed by atoms with Crippen molar-refractivity contribution in [2.45, 2.75) is 88.1 Å². The van der Waals surface area contributed by atoms with Gasteiger partial charge in [0, 0.05) is 69.4 Å². The fraction of sp³-hybridized carbons (Fsp3) is 0.370. The minimum absolute atomic E-state index is 0.180. The highest BCUT2D eigenvalue weighted by atomic mass is 19.1. The fourth-order valence-corrected chi connectivity index (χ4v) is 10.3. The van der Waals surface area contributed by atoms with Crippen molar-refractivity contribution in [2.24, 2.45) is 0 Å². The molecule has 11 nitrogen and oxygen atoms in total. The molecule has 4 fully saturated rings. The van der Waals surface area contributed by atoms with Gasteiger partial charge < -0.3 is 25.3 Å². The number of hydrogen-bond donors (Lipinski definition) is 2. The van der Waals surface area contributed by atoms with Crippen molar-refractivity contribution in [2.75, 3.05) is 54.8 Å². The Morgan fingerprint density at radius 1 is 0.529 bits per heavy atom. The van der Waals surface area contributed by atoms with Crippen LogP contribution in [0.4, 0.5) is 30.2 Å². The molecular formula is C54H58F3N7O4. The van der Waals surface area contributed by atoms with Crippen LogP contribution in [0.25, 0.3) is 0 Å². The Kier molecular flexibility index (Phi) is 14.5. The molecule has 4 amide bonds. The predicted molar refractivity (Wildman–Crippen MR) is 256 cm³/mol. The topological polar surface area (TPSA) is 109 Å². The summed E-state index contributed by atoms with van der Waals surface area (Å²) in [5, 5.41) is 6.05. The van der Waals surface area contributed by atoms with Crippen LogP contribution in [-0.4, -0.2) is 107 Å². The molecular weight excluding hydrogens is 868 g/mol. The average molecular weight is 926 g/mol. The van der Waals surface area contributed by atoms with Crippen molar-refractivity contribution in [3.05, 3.63) is 162 Å². The molecule has 9 rings (SSSR count). The Hall–Kier alpha value is -6.51. The van der Waals surface area contributed by atoms with Gasteiger partial charge in [0.15, 0.2) is 0 Å². The summed E-state index contributed by atoms with van der Waals surface area (Å²) in [7, 11) is 0. The minimum Gasteiger partial charge on any atom is -0.363 e. The van der Waals surface area contributed by atoms with Gasteiger partial charge in [-0.2, -0.15) is 0 Å². The number of carbonyl (C=O) groups excluding carboxylic acids is 4. The van der Waals surface area contributed by atoms with Crippen molar-refractivity contribution in [1.29, 1.82) is 0 Å². The number of benzene rings is 5. The smallest absolute Gasteiger partial charge is 0.247 e. The molecule has 6 atom stereocenters. The third-order valence-corrected chi connectivity index (χ3v) is 13.8. The van der Waals surface area contributed by atoms with Gasteiger partial charge in [-0.1, -0.05) is 84.9 Å². The van der Waals surface area contributed by atoms with Crippen LogP contribution in [0, 0.1) is 5.82 Å². The summed E-state index contributed by atoms with van der Waals surface area (Å²) < 4.78 is 42.8. The van der Waals surface area contributed by atoms with E-state index >= 15 is 0 Å². The van der Waals surface area contributed by atoms with Gasteiger partial charge in [-0.3, -0.25) is 29.0 Å². The fourth-order valence-electron chi connectivity index (χ4n) is 10.3. The van der Waals surface area contributed by atoms with Crippen LogP contribution in [0.1, 0.15) is 72.9 Å². The molecule has 4 unspecified atom stereocenters. The number of carbonyl (C=O) groups is 4. The van der Waals surface area contributed by atoms with Crippen molar-refractivity contribution in [3.63, 3.8) is 0 Å². The molecule has 14 heteroatoms. The lowest BCUT2D eigenvalue weighted by Gasteiger charge is -2.33. The van der Waals surface area contributed by atoms with Gasteiger partial charge in [0.25, 0.3) is 0 Å². The van der Waals surface area contributed by atoms with Crippen molar-refractivity contribution >= 4 is 40.7 Å². The van der Waals surface area contributed by atoms with E-state index in [-0.39, 0.29) is 42.5 Å². The van der Waals surface area contributed by atoms with Gasteiger partial charge >= 0.3 is 0 Å². The Labute approximate surface area is 395 Å². The molecule has 2 N–H and O–H groups in total. The zero-order valence-corrected chi connectivity index (χ0v) is 38.1. The van der Waals surface area contributed by atoms with Crippen LogP contribution < -0.4 is 15.5 Å². The van der Waals surface area contributed by atoms with Crippen LogP contribution >= 0.6 is 0 Å². The third kappa shape index (κ3) is 10.8. The van der Waals surface area contributed by atoms with Crippen molar-refractivity contribution in [3.8, 4) is 0 Å². The van der Waals surface area contributed by atoms with E-state index in [1.807, 2.05) is 119 Å². The number of nitrogens with zero attached hydrogens (tertiary/aromatic N) is 5. The molecule has 4 saturated heterocycles. The predicted octanol–water partition coefficient (Wildman–Crippen LogP) is 8.46. The number of anilines is 3. The lowest BCUT2D eigenvalue weighted by atomic mass is 10.0. The Bertz CT molecular complexity index is 2370. The first-order chi connectivity index (χ1) is 33.1. The highest BCUT2D eigenvalue weighted by Crippen LogP contribution is 2.34. The van der Waals surface area contributed by atoms with E-state index in [2.05, 4.69) is 15.5 Å². The van der Waals surface area contributed by atoms with Gasteiger partial charge in [0.2, 0.25) is 23.6 Å². The maximum atomic E-state index is 14.4. The number of likely N-dealkylation sites (tertiary alicyclic amines) is 4. The van der Waals surface area contributed by atoms with Gasteiger partial charge in [-0.05, 0) is 109 Å². The second-order valence-electron chi connectivity index (χ2n) is 18.5. The monoisotopic (exact) mass is 925 g/mol. The summed E-state index contributed by atoms with van der Waals surface area (Å²) in [6.07, 6.45) is 1.20. The maximum Gasteiger partial charge on any atom is 0.247 e. The second kappa shape index (κ2) is 21.2. The van der Waals surface area contributed by atoms with E-state index in [4.69, 9.17) is 0 Å². The number of rotatable bonds is 15. The molecule has 5 aromatic rings. The zero-order chi connectivity index (χ0) is 47.1. The van der Waals surface area contributed by atoms with Crippen LogP contribution in [-0.2, 0) is 32.3 Å². The lowest BCUT2D eigenvalue weighted by Crippen LogP contribution is -2.48. The van der Waals surface area contributed by atoms with E-state index in [9.17, 15) is 32.3 Å². The van der Waals surface area contributed by atoms with E-state index < -0.39 is 36.5 Å². The first-order valence-electron chi connectivity index (χ1n) is 23.8. The largest absolute Gasteiger partial charge is 0.363 e. The SMILES string of the molecule is O=C(Nc1ccc(CN(Cc2ccc(NC(=O)C3CCCN3C(=O)C(c3ccccc3)N3CC[C@@H](F)C3)cc2)c2ccc(F)cc2)cc1)C1CCCN1C(=O)C(c1ccccc1)N1CC[C@@H](F)C1. The summed E-state index contributed by atoms with van der Waals surface area (Å²) in [4.78, 5) is 65.1. The van der Waals surface area contributed by atoms with E-state index in [1.165, 1.54) is 12.1 Å². The quantitative estimate of drug-likeness (QED) is 0.109. The molecule has 68 heavy (non-hydrogen) atoms. The van der Waals surface area contributed by atoms with Crippen molar-refractivity contribution < 1.29 is 32.3 Å². The normalized spacial score (nSPS) is 21.7. The molecule has 354 valence electrons. The molecule has 0 saturated carbocycles. The molecule has 0 bridgehead atoms. The van der Waals surface area contributed by atoms with Gasteiger partial charge in [0.1, 0.15) is 42.3 Å². The maximum absolute atomic E-state index is 14.4. The van der Waals surface area contributed by atoms with Crippen molar-refractivity contribution in [1.82, 2.24) is 19.6 Å². The summed E-state index contributed by atoms with van der Waals surface area (Å²) in [5.74, 6) is -1.26. The Morgan fingerprint density at radius 3 is 1.32 bits per heavy atom. The van der Waals surface area contributed by atoms with Crippen LogP contribution in [0.2, 0.25) is 0 Å². The number of halogens is 3. The van der Waals surface area contributed by atoms with Crippen LogP contribution in [0.5, 0.6) is 0 Å². The van der Waals surface area contributed by atoms with Gasteiger partial charge in [0.05, 0.1) is 0 Å². The Balaban J connectivity index is 0.832. The van der Waals surface area contributed by atoms with E-state index in [1.54, 1.807) is 21.9 Å². The first kappa shape index (κ1) is 46.6. The number of nitrogens with one attached hydrogen (secondary N) is 2. The molecule has 0 aromatic heterocycles.